The van der Waals surface area contributed by atoms with Gasteiger partial charge in [-0.1, -0.05) is 30.3 Å². The van der Waals surface area contributed by atoms with Crippen LogP contribution in [0, 0.1) is 0 Å². The molecule has 1 aliphatic heterocycles. The van der Waals surface area contributed by atoms with E-state index in [9.17, 15) is 4.79 Å². The van der Waals surface area contributed by atoms with Gasteiger partial charge in [-0.2, -0.15) is 0 Å². The third kappa shape index (κ3) is 3.34. The van der Waals surface area contributed by atoms with E-state index in [0.717, 1.165) is 19.5 Å². The lowest BCUT2D eigenvalue weighted by Crippen LogP contribution is -2.46. The number of amides is 1. The van der Waals surface area contributed by atoms with Crippen LogP contribution in [-0.4, -0.2) is 23.4 Å². The minimum atomic E-state index is -0.0849. The van der Waals surface area contributed by atoms with Crippen molar-refractivity contribution in [3.63, 3.8) is 0 Å². The summed E-state index contributed by atoms with van der Waals surface area (Å²) in [5.41, 5.74) is 2.77. The molecule has 1 aromatic carbocycles. The molecule has 1 aromatic heterocycles. The van der Waals surface area contributed by atoms with E-state index in [1.165, 1.54) is 16.0 Å². The third-order valence-corrected chi connectivity index (χ3v) is 4.98. The molecular formula is C17H20N2OS. The maximum atomic E-state index is 12.3. The monoisotopic (exact) mass is 300 g/mol. The molecule has 21 heavy (non-hydrogen) atoms. The maximum Gasteiger partial charge on any atom is 0.237 e. The molecule has 0 aliphatic carbocycles. The molecule has 1 amide bonds. The van der Waals surface area contributed by atoms with Crippen molar-refractivity contribution in [2.75, 3.05) is 6.54 Å². The summed E-state index contributed by atoms with van der Waals surface area (Å²) in [4.78, 5) is 15.8. The molecule has 4 heteroatoms. The number of hydrogen-bond donors (Lipinski definition) is 1. The Kier molecular flexibility index (Phi) is 4.36. The molecule has 1 aliphatic rings. The summed E-state index contributed by atoms with van der Waals surface area (Å²) in [5, 5.41) is 5.07. The fourth-order valence-electron chi connectivity index (χ4n) is 2.75. The van der Waals surface area contributed by atoms with Gasteiger partial charge in [0.15, 0.2) is 0 Å². The predicted molar refractivity (Wildman–Crippen MR) is 86.2 cm³/mol. The van der Waals surface area contributed by atoms with Gasteiger partial charge < -0.3 is 5.32 Å². The van der Waals surface area contributed by atoms with Gasteiger partial charge in [-0.15, -0.1) is 11.3 Å². The van der Waals surface area contributed by atoms with Gasteiger partial charge in [0.2, 0.25) is 5.91 Å². The molecule has 0 spiro atoms. The first-order valence-electron chi connectivity index (χ1n) is 7.35. The lowest BCUT2D eigenvalue weighted by Gasteiger charge is -2.32. The molecule has 0 fully saturated rings. The molecule has 2 aromatic rings. The Bertz CT molecular complexity index is 609. The van der Waals surface area contributed by atoms with Gasteiger partial charge in [-0.05, 0) is 35.9 Å². The zero-order valence-electron chi connectivity index (χ0n) is 12.2. The highest BCUT2D eigenvalue weighted by molar-refractivity contribution is 7.09. The molecule has 1 N–H and O–H groups in total. The van der Waals surface area contributed by atoms with E-state index < -0.39 is 0 Å². The maximum absolute atomic E-state index is 12.3. The van der Waals surface area contributed by atoms with Crippen molar-refractivity contribution in [2.45, 2.75) is 32.5 Å². The zero-order chi connectivity index (χ0) is 14.7. The van der Waals surface area contributed by atoms with Crippen LogP contribution in [0.4, 0.5) is 0 Å². The molecule has 110 valence electrons. The summed E-state index contributed by atoms with van der Waals surface area (Å²) in [6, 6.07) is 12.5. The second kappa shape index (κ2) is 6.41. The van der Waals surface area contributed by atoms with Gasteiger partial charge in [0.05, 0.1) is 12.6 Å². The number of carbonyl (C=O) groups is 1. The largest absolute Gasteiger partial charge is 0.350 e. The van der Waals surface area contributed by atoms with Gasteiger partial charge in [0, 0.05) is 18.0 Å². The summed E-state index contributed by atoms with van der Waals surface area (Å²) < 4.78 is 0. The molecule has 0 saturated heterocycles. The fraction of sp³-hybridized carbons (Fsp3) is 0.353. The molecule has 3 rings (SSSR count). The van der Waals surface area contributed by atoms with Crippen molar-refractivity contribution in [3.8, 4) is 0 Å². The quantitative estimate of drug-likeness (QED) is 0.941. The summed E-state index contributed by atoms with van der Waals surface area (Å²) >= 11 is 1.67. The first-order valence-corrected chi connectivity index (χ1v) is 8.23. The Morgan fingerprint density at radius 2 is 2.10 bits per heavy atom. The van der Waals surface area contributed by atoms with Gasteiger partial charge in [-0.3, -0.25) is 9.69 Å². The molecule has 1 atom stereocenters. The second-order valence-corrected chi connectivity index (χ2v) is 6.49. The van der Waals surface area contributed by atoms with Crippen LogP contribution in [0.1, 0.15) is 22.9 Å². The first-order chi connectivity index (χ1) is 10.2. The Morgan fingerprint density at radius 1 is 1.29 bits per heavy atom. The first kappa shape index (κ1) is 14.3. The minimum absolute atomic E-state index is 0.0849. The van der Waals surface area contributed by atoms with E-state index in [2.05, 4.69) is 34.5 Å². The van der Waals surface area contributed by atoms with E-state index in [1.807, 2.05) is 24.4 Å². The lowest BCUT2D eigenvalue weighted by molar-refractivity contribution is -0.126. The highest BCUT2D eigenvalue weighted by Crippen LogP contribution is 2.20. The van der Waals surface area contributed by atoms with Gasteiger partial charge in [0.1, 0.15) is 0 Å². The number of hydrogen-bond acceptors (Lipinski definition) is 3. The van der Waals surface area contributed by atoms with Crippen LogP contribution >= 0.6 is 11.3 Å². The number of benzene rings is 1. The average molecular weight is 300 g/mol. The van der Waals surface area contributed by atoms with Gasteiger partial charge >= 0.3 is 0 Å². The van der Waals surface area contributed by atoms with Crippen LogP contribution in [-0.2, 0) is 24.3 Å². The van der Waals surface area contributed by atoms with Crippen LogP contribution in [0.15, 0.2) is 41.8 Å². The van der Waals surface area contributed by atoms with Crippen LogP contribution in [0.3, 0.4) is 0 Å². The van der Waals surface area contributed by atoms with Crippen molar-refractivity contribution >= 4 is 17.2 Å². The average Bonchev–Trinajstić information content (AvgIpc) is 3.05. The third-order valence-electron chi connectivity index (χ3n) is 4.10. The number of nitrogens with one attached hydrogen (secondary N) is 1. The summed E-state index contributed by atoms with van der Waals surface area (Å²) in [6.45, 7) is 4.44. The summed E-state index contributed by atoms with van der Waals surface area (Å²) in [5.74, 6) is 0.114. The van der Waals surface area contributed by atoms with E-state index in [0.29, 0.717) is 6.54 Å². The van der Waals surface area contributed by atoms with E-state index in [1.54, 1.807) is 11.3 Å². The van der Waals surface area contributed by atoms with E-state index in [-0.39, 0.29) is 11.9 Å². The van der Waals surface area contributed by atoms with E-state index >= 15 is 0 Å². The van der Waals surface area contributed by atoms with Crippen molar-refractivity contribution in [3.05, 3.63) is 57.8 Å². The molecule has 0 radical (unpaired) electrons. The summed E-state index contributed by atoms with van der Waals surface area (Å²) in [6.07, 6.45) is 1.03. The highest BCUT2D eigenvalue weighted by Gasteiger charge is 2.24. The van der Waals surface area contributed by atoms with Crippen molar-refractivity contribution in [1.82, 2.24) is 10.2 Å². The number of carbonyl (C=O) groups excluding carboxylic acids is 1. The standard InChI is InChI=1S/C17H20N2OS/c1-13(17(20)18-11-16-7-4-10-21-16)19-9-8-14-5-2-3-6-15(14)12-19/h2-7,10,13H,8-9,11-12H2,1H3,(H,18,20). The number of thiophene rings is 1. The number of rotatable bonds is 4. The topological polar surface area (TPSA) is 32.3 Å². The molecule has 3 nitrogen and oxygen atoms in total. The van der Waals surface area contributed by atoms with Crippen LogP contribution in [0.5, 0.6) is 0 Å². The Morgan fingerprint density at radius 3 is 2.86 bits per heavy atom. The van der Waals surface area contributed by atoms with Crippen molar-refractivity contribution in [2.24, 2.45) is 0 Å². The van der Waals surface area contributed by atoms with Crippen LogP contribution < -0.4 is 5.32 Å². The Labute approximate surface area is 129 Å². The second-order valence-electron chi connectivity index (χ2n) is 5.46. The molecule has 0 saturated carbocycles. The summed E-state index contributed by atoms with van der Waals surface area (Å²) in [7, 11) is 0. The van der Waals surface area contributed by atoms with Gasteiger partial charge in [0.25, 0.3) is 0 Å². The predicted octanol–water partition coefficient (Wildman–Crippen LogP) is 2.81. The SMILES string of the molecule is CC(C(=O)NCc1cccs1)N1CCc2ccccc2C1. The molecular weight excluding hydrogens is 280 g/mol. The number of nitrogens with zero attached hydrogens (tertiary/aromatic N) is 1. The fourth-order valence-corrected chi connectivity index (χ4v) is 3.39. The molecule has 1 unspecified atom stereocenters. The van der Waals surface area contributed by atoms with Crippen molar-refractivity contribution < 1.29 is 4.79 Å². The van der Waals surface area contributed by atoms with E-state index in [4.69, 9.17) is 0 Å². The Balaban J connectivity index is 1.58. The minimum Gasteiger partial charge on any atom is -0.350 e. The normalized spacial score (nSPS) is 16.2. The molecule has 2 heterocycles. The number of fused-ring (bicyclic) bond motifs is 1. The Hall–Kier alpha value is -1.65. The van der Waals surface area contributed by atoms with Crippen LogP contribution in [0.25, 0.3) is 0 Å². The molecule has 0 bridgehead atoms. The van der Waals surface area contributed by atoms with Crippen molar-refractivity contribution in [1.29, 1.82) is 0 Å². The lowest BCUT2D eigenvalue weighted by atomic mass is 9.99. The highest BCUT2D eigenvalue weighted by atomic mass is 32.1. The van der Waals surface area contributed by atoms with Gasteiger partial charge in [-0.25, -0.2) is 0 Å². The van der Waals surface area contributed by atoms with Crippen LogP contribution in [0.2, 0.25) is 0 Å². The smallest absolute Gasteiger partial charge is 0.237 e. The zero-order valence-corrected chi connectivity index (χ0v) is 13.0.